The van der Waals surface area contributed by atoms with Crippen LogP contribution < -0.4 is 5.32 Å². The molecule has 84 valence electrons. The lowest BCUT2D eigenvalue weighted by Crippen LogP contribution is -2.21. The maximum absolute atomic E-state index is 11.7. The molecule has 1 amide bonds. The van der Waals surface area contributed by atoms with Crippen molar-refractivity contribution in [2.24, 2.45) is 5.92 Å². The fourth-order valence-electron chi connectivity index (χ4n) is 1.40. The molecule has 0 aliphatic heterocycles. The number of carbonyl (C=O) groups excluding carboxylic acids is 1. The Hall–Kier alpha value is -1.55. The Morgan fingerprint density at radius 3 is 3.19 bits per heavy atom. The molecule has 0 saturated carbocycles. The van der Waals surface area contributed by atoms with E-state index in [0.717, 1.165) is 16.6 Å². The Morgan fingerprint density at radius 2 is 2.44 bits per heavy atom. The highest BCUT2D eigenvalue weighted by molar-refractivity contribution is 6.19. The minimum Gasteiger partial charge on any atom is -0.324 e. The molecular weight excluding hydrogens is 226 g/mol. The zero-order valence-electron chi connectivity index (χ0n) is 8.83. The van der Waals surface area contributed by atoms with Crippen LogP contribution in [0.1, 0.15) is 6.92 Å². The Kier molecular flexibility index (Phi) is 3.10. The first-order chi connectivity index (χ1) is 7.72. The third-order valence-corrected chi connectivity index (χ3v) is 2.88. The number of halogens is 1. The van der Waals surface area contributed by atoms with Crippen molar-refractivity contribution in [3.63, 3.8) is 0 Å². The molecule has 16 heavy (non-hydrogen) atoms. The van der Waals surface area contributed by atoms with Gasteiger partial charge in [0.25, 0.3) is 0 Å². The lowest BCUT2D eigenvalue weighted by atomic mass is 10.2. The van der Waals surface area contributed by atoms with Gasteiger partial charge in [-0.05, 0) is 6.07 Å². The molecule has 2 aromatic rings. The third-order valence-electron chi connectivity index (χ3n) is 2.41. The highest BCUT2D eigenvalue weighted by atomic mass is 35.5. The summed E-state index contributed by atoms with van der Waals surface area (Å²) >= 11 is 5.63. The van der Waals surface area contributed by atoms with E-state index in [1.807, 2.05) is 18.2 Å². The fraction of sp³-hybridized carbons (Fsp3) is 0.273. The van der Waals surface area contributed by atoms with Gasteiger partial charge in [-0.25, -0.2) is 0 Å². The predicted molar refractivity (Wildman–Crippen MR) is 64.6 cm³/mol. The van der Waals surface area contributed by atoms with E-state index >= 15 is 0 Å². The van der Waals surface area contributed by atoms with Gasteiger partial charge < -0.3 is 5.32 Å². The van der Waals surface area contributed by atoms with Crippen molar-refractivity contribution in [3.05, 3.63) is 24.4 Å². The number of nitrogens with one attached hydrogen (secondary N) is 2. The molecule has 1 aromatic heterocycles. The van der Waals surface area contributed by atoms with Gasteiger partial charge in [-0.3, -0.25) is 9.89 Å². The lowest BCUT2D eigenvalue weighted by Gasteiger charge is -2.09. The summed E-state index contributed by atoms with van der Waals surface area (Å²) in [5.74, 6) is 0.0158. The van der Waals surface area contributed by atoms with E-state index in [-0.39, 0.29) is 11.8 Å². The molecule has 2 N–H and O–H groups in total. The van der Waals surface area contributed by atoms with E-state index in [1.54, 1.807) is 13.1 Å². The first-order valence-corrected chi connectivity index (χ1v) is 5.54. The van der Waals surface area contributed by atoms with Gasteiger partial charge in [-0.1, -0.05) is 19.1 Å². The number of para-hydroxylation sites is 1. The second-order valence-electron chi connectivity index (χ2n) is 3.68. The first kappa shape index (κ1) is 11.0. The number of anilines is 1. The molecule has 0 radical (unpaired) electrons. The van der Waals surface area contributed by atoms with Crippen molar-refractivity contribution >= 4 is 34.1 Å². The molecule has 0 bridgehead atoms. The summed E-state index contributed by atoms with van der Waals surface area (Å²) in [5, 5.41) is 10.6. The van der Waals surface area contributed by atoms with Crippen LogP contribution in [0.5, 0.6) is 0 Å². The number of benzene rings is 1. The molecule has 1 aromatic carbocycles. The van der Waals surface area contributed by atoms with Crippen molar-refractivity contribution in [2.75, 3.05) is 11.2 Å². The summed E-state index contributed by atoms with van der Waals surface area (Å²) in [6.07, 6.45) is 1.72. The van der Waals surface area contributed by atoms with Crippen molar-refractivity contribution in [3.8, 4) is 0 Å². The molecule has 0 aliphatic rings. The number of hydrogen-bond donors (Lipinski definition) is 2. The van der Waals surface area contributed by atoms with Crippen LogP contribution in [0, 0.1) is 5.92 Å². The zero-order chi connectivity index (χ0) is 11.5. The Balaban J connectivity index is 2.27. The van der Waals surface area contributed by atoms with Gasteiger partial charge in [0.2, 0.25) is 5.91 Å². The van der Waals surface area contributed by atoms with Crippen LogP contribution in [0.2, 0.25) is 0 Å². The number of fused-ring (bicyclic) bond motifs is 1. The van der Waals surface area contributed by atoms with Gasteiger partial charge in [0, 0.05) is 17.2 Å². The van der Waals surface area contributed by atoms with Crippen molar-refractivity contribution < 1.29 is 4.79 Å². The fourth-order valence-corrected chi connectivity index (χ4v) is 1.54. The molecular formula is C11H12ClN3O. The van der Waals surface area contributed by atoms with Gasteiger partial charge in [-0.2, -0.15) is 5.10 Å². The maximum atomic E-state index is 11.7. The second-order valence-corrected chi connectivity index (χ2v) is 3.99. The van der Waals surface area contributed by atoms with E-state index in [9.17, 15) is 4.79 Å². The largest absolute Gasteiger partial charge is 0.324 e. The second kappa shape index (κ2) is 4.53. The standard InChI is InChI=1S/C11H12ClN3O/c1-7(5-12)11(16)14-9-4-2-3-8-6-13-15-10(8)9/h2-4,6-7H,5H2,1H3,(H,13,15)(H,14,16). The Labute approximate surface area is 98.0 Å². The average Bonchev–Trinajstić information content (AvgIpc) is 2.77. The van der Waals surface area contributed by atoms with Gasteiger partial charge >= 0.3 is 0 Å². The molecule has 5 heteroatoms. The monoisotopic (exact) mass is 237 g/mol. The van der Waals surface area contributed by atoms with Crippen molar-refractivity contribution in [1.29, 1.82) is 0 Å². The number of hydrogen-bond acceptors (Lipinski definition) is 2. The Bertz CT molecular complexity index is 509. The van der Waals surface area contributed by atoms with Gasteiger partial charge in [0.05, 0.1) is 17.4 Å². The van der Waals surface area contributed by atoms with E-state index in [1.165, 1.54) is 0 Å². The van der Waals surface area contributed by atoms with E-state index in [2.05, 4.69) is 15.5 Å². The molecule has 0 aliphatic carbocycles. The number of aromatic amines is 1. The van der Waals surface area contributed by atoms with E-state index in [0.29, 0.717) is 5.88 Å². The zero-order valence-corrected chi connectivity index (χ0v) is 9.58. The van der Waals surface area contributed by atoms with Gasteiger partial charge in [-0.15, -0.1) is 11.6 Å². The summed E-state index contributed by atoms with van der Waals surface area (Å²) in [4.78, 5) is 11.7. The molecule has 4 nitrogen and oxygen atoms in total. The number of nitrogens with zero attached hydrogens (tertiary/aromatic N) is 1. The number of H-pyrrole nitrogens is 1. The van der Waals surface area contributed by atoms with Gasteiger partial charge in [0.15, 0.2) is 0 Å². The molecule has 2 rings (SSSR count). The molecule has 0 fully saturated rings. The summed E-state index contributed by atoms with van der Waals surface area (Å²) in [7, 11) is 0. The lowest BCUT2D eigenvalue weighted by molar-refractivity contribution is -0.118. The number of rotatable bonds is 3. The molecule has 1 heterocycles. The average molecular weight is 238 g/mol. The minimum atomic E-state index is -0.208. The van der Waals surface area contributed by atoms with Crippen LogP contribution in [-0.4, -0.2) is 22.0 Å². The minimum absolute atomic E-state index is 0.0860. The third kappa shape index (κ3) is 2.02. The number of carbonyl (C=O) groups is 1. The molecule has 0 saturated heterocycles. The van der Waals surface area contributed by atoms with Crippen LogP contribution >= 0.6 is 11.6 Å². The molecule has 1 atom stereocenters. The molecule has 0 spiro atoms. The summed E-state index contributed by atoms with van der Waals surface area (Å²) < 4.78 is 0. The van der Waals surface area contributed by atoms with E-state index < -0.39 is 0 Å². The Morgan fingerprint density at radius 1 is 1.62 bits per heavy atom. The smallest absolute Gasteiger partial charge is 0.228 e. The molecule has 1 unspecified atom stereocenters. The quantitative estimate of drug-likeness (QED) is 0.806. The summed E-state index contributed by atoms with van der Waals surface area (Å²) in [6, 6.07) is 5.64. The topological polar surface area (TPSA) is 57.8 Å². The van der Waals surface area contributed by atoms with Crippen LogP contribution in [-0.2, 0) is 4.79 Å². The summed E-state index contributed by atoms with van der Waals surface area (Å²) in [6.45, 7) is 1.79. The predicted octanol–water partition coefficient (Wildman–Crippen LogP) is 2.38. The van der Waals surface area contributed by atoms with E-state index in [4.69, 9.17) is 11.6 Å². The highest BCUT2D eigenvalue weighted by Gasteiger charge is 2.13. The van der Waals surface area contributed by atoms with Crippen molar-refractivity contribution in [1.82, 2.24) is 10.2 Å². The van der Waals surface area contributed by atoms with Crippen LogP contribution in [0.15, 0.2) is 24.4 Å². The highest BCUT2D eigenvalue weighted by Crippen LogP contribution is 2.20. The van der Waals surface area contributed by atoms with Gasteiger partial charge in [0.1, 0.15) is 0 Å². The first-order valence-electron chi connectivity index (χ1n) is 5.01. The SMILES string of the molecule is CC(CCl)C(=O)Nc1cccc2cn[nH]c12. The van der Waals surface area contributed by atoms with Crippen LogP contribution in [0.25, 0.3) is 10.9 Å². The number of alkyl halides is 1. The number of aromatic nitrogens is 2. The van der Waals surface area contributed by atoms with Crippen LogP contribution in [0.4, 0.5) is 5.69 Å². The summed E-state index contributed by atoms with van der Waals surface area (Å²) in [5.41, 5.74) is 1.56. The normalized spacial score (nSPS) is 12.6. The van der Waals surface area contributed by atoms with Crippen LogP contribution in [0.3, 0.4) is 0 Å². The maximum Gasteiger partial charge on any atom is 0.228 e. The van der Waals surface area contributed by atoms with Crippen molar-refractivity contribution in [2.45, 2.75) is 6.92 Å². The number of amides is 1.